The van der Waals surface area contributed by atoms with Crippen molar-refractivity contribution in [2.24, 2.45) is 11.3 Å². The number of benzene rings is 3. The fraction of sp³-hybridized carbons (Fsp3) is 0.200. The fourth-order valence-electron chi connectivity index (χ4n) is 5.98. The lowest BCUT2D eigenvalue weighted by atomic mass is 9.48. The van der Waals surface area contributed by atoms with Crippen molar-refractivity contribution in [1.82, 2.24) is 0 Å². The van der Waals surface area contributed by atoms with Crippen molar-refractivity contribution >= 4 is 29.1 Å². The predicted octanol–water partition coefficient (Wildman–Crippen LogP) is 5.13. The standard InChI is InChI=1S/C25H18ClNO2/c1-25-21-16-10-4-2-8-14(16)20(15-9-3-5-11-17(15)21)22(25)23(28)27(24(25)29)19-13-7-6-12-18(19)26/h2-13,20-22H,1H3/t20?,21?,22-,25+/m1/s1. The first-order chi connectivity index (χ1) is 14.0. The molecule has 3 aromatic rings. The molecule has 3 aromatic carbocycles. The smallest absolute Gasteiger partial charge is 0.241 e. The Morgan fingerprint density at radius 1 is 0.793 bits per heavy atom. The van der Waals surface area contributed by atoms with Gasteiger partial charge in [-0.25, -0.2) is 4.90 Å². The van der Waals surface area contributed by atoms with E-state index in [-0.39, 0.29) is 23.7 Å². The second kappa shape index (κ2) is 5.58. The summed E-state index contributed by atoms with van der Waals surface area (Å²) < 4.78 is 0. The topological polar surface area (TPSA) is 37.4 Å². The minimum absolute atomic E-state index is 0.124. The molecule has 1 heterocycles. The first-order valence-electron chi connectivity index (χ1n) is 9.85. The van der Waals surface area contributed by atoms with Crippen molar-refractivity contribution in [1.29, 1.82) is 0 Å². The molecular weight excluding hydrogens is 382 g/mol. The SMILES string of the molecule is C[C@@]12C(=O)N(c3ccccc3Cl)C(=O)[C@H]1C1c3ccccc3C2c2ccccc21. The second-order valence-electron chi connectivity index (χ2n) is 8.36. The van der Waals surface area contributed by atoms with Crippen molar-refractivity contribution in [2.45, 2.75) is 18.8 Å². The van der Waals surface area contributed by atoms with Crippen LogP contribution in [0.2, 0.25) is 5.02 Å². The van der Waals surface area contributed by atoms with Crippen LogP contribution in [0.25, 0.3) is 0 Å². The van der Waals surface area contributed by atoms with E-state index < -0.39 is 11.3 Å². The van der Waals surface area contributed by atoms with E-state index >= 15 is 0 Å². The van der Waals surface area contributed by atoms with Crippen LogP contribution in [0.3, 0.4) is 0 Å². The highest BCUT2D eigenvalue weighted by atomic mass is 35.5. The molecule has 0 saturated carbocycles. The van der Waals surface area contributed by atoms with E-state index in [4.69, 9.17) is 11.6 Å². The maximum absolute atomic E-state index is 13.9. The van der Waals surface area contributed by atoms with Crippen molar-refractivity contribution in [3.05, 3.63) is 100 Å². The summed E-state index contributed by atoms with van der Waals surface area (Å²) in [4.78, 5) is 29.0. The first kappa shape index (κ1) is 17.0. The third-order valence-corrected chi connectivity index (χ3v) is 7.43. The number of carbonyl (C=O) groups excluding carboxylic acids is 2. The van der Waals surface area contributed by atoms with E-state index in [2.05, 4.69) is 24.3 Å². The Kier molecular flexibility index (Phi) is 3.27. The number of para-hydroxylation sites is 1. The molecule has 0 spiro atoms. The van der Waals surface area contributed by atoms with E-state index in [1.165, 1.54) is 16.0 Å². The molecule has 2 amide bonds. The summed E-state index contributed by atoms with van der Waals surface area (Å²) in [5.74, 6) is -1.000. The molecule has 2 atom stereocenters. The Hall–Kier alpha value is -2.91. The summed E-state index contributed by atoms with van der Waals surface area (Å²) in [6.45, 7) is 1.97. The number of imide groups is 1. The van der Waals surface area contributed by atoms with Crippen LogP contribution in [0, 0.1) is 11.3 Å². The molecule has 3 aliphatic carbocycles. The van der Waals surface area contributed by atoms with E-state index in [1.807, 2.05) is 37.3 Å². The molecule has 1 aliphatic heterocycles. The quantitative estimate of drug-likeness (QED) is 0.532. The molecular formula is C25H18ClNO2. The molecule has 0 radical (unpaired) electrons. The highest BCUT2D eigenvalue weighted by molar-refractivity contribution is 6.36. The van der Waals surface area contributed by atoms with Gasteiger partial charge in [0, 0.05) is 11.8 Å². The lowest BCUT2D eigenvalue weighted by Gasteiger charge is -2.51. The molecule has 1 fully saturated rings. The lowest BCUT2D eigenvalue weighted by Crippen LogP contribution is -2.49. The van der Waals surface area contributed by atoms with Crippen molar-refractivity contribution in [2.75, 3.05) is 4.90 Å². The van der Waals surface area contributed by atoms with Gasteiger partial charge in [0.05, 0.1) is 22.0 Å². The Balaban J connectivity index is 1.64. The Morgan fingerprint density at radius 2 is 1.31 bits per heavy atom. The molecule has 1 saturated heterocycles. The van der Waals surface area contributed by atoms with E-state index in [1.54, 1.807) is 18.2 Å². The zero-order chi connectivity index (χ0) is 19.9. The van der Waals surface area contributed by atoms with Gasteiger partial charge in [0.25, 0.3) is 0 Å². The number of halogens is 1. The van der Waals surface area contributed by atoms with Crippen molar-refractivity contribution < 1.29 is 9.59 Å². The molecule has 0 N–H and O–H groups in total. The molecule has 2 bridgehead atoms. The second-order valence-corrected chi connectivity index (χ2v) is 8.77. The van der Waals surface area contributed by atoms with Crippen LogP contribution in [-0.2, 0) is 9.59 Å². The van der Waals surface area contributed by atoms with Crippen LogP contribution in [-0.4, -0.2) is 11.8 Å². The number of hydrogen-bond acceptors (Lipinski definition) is 2. The number of carbonyl (C=O) groups is 2. The van der Waals surface area contributed by atoms with Gasteiger partial charge in [-0.15, -0.1) is 0 Å². The Morgan fingerprint density at radius 3 is 1.90 bits per heavy atom. The van der Waals surface area contributed by atoms with Crippen LogP contribution in [0.5, 0.6) is 0 Å². The largest absolute Gasteiger partial charge is 0.274 e. The molecule has 142 valence electrons. The van der Waals surface area contributed by atoms with Gasteiger partial charge in [0.15, 0.2) is 0 Å². The van der Waals surface area contributed by atoms with E-state index in [0.717, 1.165) is 11.1 Å². The number of rotatable bonds is 1. The summed E-state index contributed by atoms with van der Waals surface area (Å²) in [7, 11) is 0. The van der Waals surface area contributed by atoms with Crippen LogP contribution < -0.4 is 4.90 Å². The maximum Gasteiger partial charge on any atom is 0.241 e. The number of hydrogen-bond donors (Lipinski definition) is 0. The number of amides is 2. The number of anilines is 1. The predicted molar refractivity (Wildman–Crippen MR) is 112 cm³/mol. The van der Waals surface area contributed by atoms with Gasteiger partial charge >= 0.3 is 0 Å². The maximum atomic E-state index is 13.9. The van der Waals surface area contributed by atoms with Gasteiger partial charge in [-0.05, 0) is 41.3 Å². The Labute approximate surface area is 173 Å². The van der Waals surface area contributed by atoms with Gasteiger partial charge in [-0.2, -0.15) is 0 Å². The average Bonchev–Trinajstić information content (AvgIpc) is 2.95. The molecule has 4 aliphatic rings. The van der Waals surface area contributed by atoms with Crippen LogP contribution in [0.15, 0.2) is 72.8 Å². The summed E-state index contributed by atoms with van der Waals surface area (Å²) in [6.07, 6.45) is 0. The highest BCUT2D eigenvalue weighted by Gasteiger charge is 2.68. The average molecular weight is 400 g/mol. The normalized spacial score (nSPS) is 28.9. The monoisotopic (exact) mass is 399 g/mol. The molecule has 0 unspecified atom stereocenters. The van der Waals surface area contributed by atoms with Gasteiger partial charge in [-0.1, -0.05) is 72.3 Å². The van der Waals surface area contributed by atoms with Crippen molar-refractivity contribution in [3.8, 4) is 0 Å². The first-order valence-corrected chi connectivity index (χ1v) is 10.2. The van der Waals surface area contributed by atoms with Gasteiger partial charge in [0.2, 0.25) is 11.8 Å². The lowest BCUT2D eigenvalue weighted by molar-refractivity contribution is -0.128. The van der Waals surface area contributed by atoms with Crippen LogP contribution in [0.1, 0.15) is 41.0 Å². The van der Waals surface area contributed by atoms with Gasteiger partial charge < -0.3 is 0 Å². The molecule has 4 heteroatoms. The van der Waals surface area contributed by atoms with Crippen LogP contribution >= 0.6 is 11.6 Å². The fourth-order valence-corrected chi connectivity index (χ4v) is 6.20. The third-order valence-electron chi connectivity index (χ3n) is 7.11. The molecule has 7 rings (SSSR count). The minimum atomic E-state index is -0.830. The Bertz CT molecular complexity index is 1170. The van der Waals surface area contributed by atoms with Crippen molar-refractivity contribution in [3.63, 3.8) is 0 Å². The molecule has 0 aromatic heterocycles. The summed E-state index contributed by atoms with van der Waals surface area (Å²) >= 11 is 6.40. The summed E-state index contributed by atoms with van der Waals surface area (Å²) in [5.41, 5.74) is 4.31. The zero-order valence-electron chi connectivity index (χ0n) is 15.8. The third kappa shape index (κ3) is 1.89. The molecule has 3 nitrogen and oxygen atoms in total. The van der Waals surface area contributed by atoms with E-state index in [0.29, 0.717) is 10.7 Å². The highest BCUT2D eigenvalue weighted by Crippen LogP contribution is 2.67. The van der Waals surface area contributed by atoms with E-state index in [9.17, 15) is 9.59 Å². The van der Waals surface area contributed by atoms with Crippen LogP contribution in [0.4, 0.5) is 5.69 Å². The molecule has 29 heavy (non-hydrogen) atoms. The summed E-state index contributed by atoms with van der Waals surface area (Å²) in [6, 6.07) is 23.6. The zero-order valence-corrected chi connectivity index (χ0v) is 16.6. The number of nitrogens with zero attached hydrogens (tertiary/aromatic N) is 1. The van der Waals surface area contributed by atoms with Gasteiger partial charge in [0.1, 0.15) is 0 Å². The summed E-state index contributed by atoms with van der Waals surface area (Å²) in [5, 5.41) is 0.416. The van der Waals surface area contributed by atoms with Gasteiger partial charge in [-0.3, -0.25) is 9.59 Å². The minimum Gasteiger partial charge on any atom is -0.274 e.